The van der Waals surface area contributed by atoms with E-state index in [0.717, 1.165) is 77.2 Å². The van der Waals surface area contributed by atoms with Crippen LogP contribution in [0, 0.1) is 17.3 Å². The highest BCUT2D eigenvalue weighted by Crippen LogP contribution is 2.32. The number of piperidine rings is 2. The van der Waals surface area contributed by atoms with E-state index in [0.29, 0.717) is 18.3 Å². The highest BCUT2D eigenvalue weighted by atomic mass is 16.2. The molecule has 2 aliphatic rings. The Labute approximate surface area is 238 Å². The first kappa shape index (κ1) is 34.8. The molecule has 2 rings (SSSR count). The van der Waals surface area contributed by atoms with Crippen molar-refractivity contribution in [3.05, 3.63) is 0 Å². The smallest absolute Gasteiger partial charge is 0.221 e. The Bertz CT molecular complexity index is 632. The van der Waals surface area contributed by atoms with Gasteiger partial charge in [0.05, 0.1) is 0 Å². The molecule has 0 aromatic heterocycles. The average Bonchev–Trinajstić information content (AvgIpc) is 2.89. The zero-order valence-electron chi connectivity index (χ0n) is 26.2. The maximum Gasteiger partial charge on any atom is 0.221 e. The van der Waals surface area contributed by atoms with Crippen LogP contribution in [0.4, 0.5) is 0 Å². The molecule has 7 nitrogen and oxygen atoms in total. The van der Waals surface area contributed by atoms with Crippen molar-refractivity contribution in [2.24, 2.45) is 17.3 Å². The molecule has 38 heavy (non-hydrogen) atoms. The number of hydrogen-bond acceptors (Lipinski definition) is 5. The predicted octanol–water partition coefficient (Wildman–Crippen LogP) is 5.11. The van der Waals surface area contributed by atoms with E-state index in [9.17, 15) is 9.59 Å². The van der Waals surface area contributed by atoms with E-state index < -0.39 is 0 Å². The molecule has 0 unspecified atom stereocenters. The summed E-state index contributed by atoms with van der Waals surface area (Å²) >= 11 is 0. The number of nitrogens with zero attached hydrogens (tertiary/aromatic N) is 3. The number of carbonyl (C=O) groups is 2. The molecule has 0 aliphatic carbocycles. The highest BCUT2D eigenvalue weighted by molar-refractivity contribution is 5.76. The summed E-state index contributed by atoms with van der Waals surface area (Å²) in [5, 5.41) is 5.84. The Balaban J connectivity index is 0. The molecule has 2 aliphatic heterocycles. The lowest BCUT2D eigenvalue weighted by Crippen LogP contribution is -2.42. The molecule has 2 heterocycles. The summed E-state index contributed by atoms with van der Waals surface area (Å²) in [4.78, 5) is 31.1. The van der Waals surface area contributed by atoms with Gasteiger partial charge in [0.1, 0.15) is 0 Å². The summed E-state index contributed by atoms with van der Waals surface area (Å²) in [6.45, 7) is 20.4. The quantitative estimate of drug-likeness (QED) is 0.299. The summed E-state index contributed by atoms with van der Waals surface area (Å²) in [5.74, 6) is 2.01. The van der Waals surface area contributed by atoms with Crippen LogP contribution >= 0.6 is 0 Å². The lowest BCUT2D eigenvalue weighted by Gasteiger charge is -2.40. The monoisotopic (exact) mass is 542 g/mol. The van der Waals surface area contributed by atoms with Crippen molar-refractivity contribution in [3.63, 3.8) is 0 Å². The summed E-state index contributed by atoms with van der Waals surface area (Å²) in [7, 11) is 3.90. The van der Waals surface area contributed by atoms with Crippen LogP contribution in [0.25, 0.3) is 0 Å². The fourth-order valence-corrected chi connectivity index (χ4v) is 5.60. The fraction of sp³-hybridized carbons (Fsp3) is 0.935. The standard InChI is InChI=1S/C28H55N5O2.C3H8.2H2/c1-28(2,3)14-6-16-31(5)17-7-15-30-27(35)13-23-33-20-10-25(11-21-33)24-8-18-32(19-9-24)22-12-26(34)29-4;1-3-2;;/h24-25H,6-23H2,1-5H3,(H,29,34)(H,30,35);3H2,1-2H3;2*1H. The molecule has 0 spiro atoms. The number of carbonyl (C=O) groups excluding carboxylic acids is 2. The Kier molecular flexibility index (Phi) is 18.2. The highest BCUT2D eigenvalue weighted by Gasteiger charge is 2.29. The van der Waals surface area contributed by atoms with Crippen LogP contribution in [0.5, 0.6) is 0 Å². The minimum absolute atomic E-state index is 0. The Morgan fingerprint density at radius 3 is 1.74 bits per heavy atom. The summed E-state index contributed by atoms with van der Waals surface area (Å²) in [6.07, 6.45) is 11.1. The van der Waals surface area contributed by atoms with Gasteiger partial charge in [0.2, 0.25) is 11.8 Å². The first-order valence-corrected chi connectivity index (χ1v) is 15.7. The number of likely N-dealkylation sites (tertiary alicyclic amines) is 2. The molecule has 0 aromatic carbocycles. The topological polar surface area (TPSA) is 67.9 Å². The van der Waals surface area contributed by atoms with Gasteiger partial charge in [-0.25, -0.2) is 0 Å². The van der Waals surface area contributed by atoms with Crippen LogP contribution in [0.1, 0.15) is 102 Å². The first-order chi connectivity index (χ1) is 18.1. The number of rotatable bonds is 14. The van der Waals surface area contributed by atoms with E-state index in [1.54, 1.807) is 7.05 Å². The molecule has 0 bridgehead atoms. The number of hydrogen-bond donors (Lipinski definition) is 2. The van der Waals surface area contributed by atoms with Crippen LogP contribution < -0.4 is 10.6 Å². The molecule has 228 valence electrons. The normalized spacial score (nSPS) is 18.2. The molecule has 2 N–H and O–H groups in total. The van der Waals surface area contributed by atoms with Gasteiger partial charge >= 0.3 is 0 Å². The minimum atomic E-state index is 0. The Morgan fingerprint density at radius 1 is 0.842 bits per heavy atom. The van der Waals surface area contributed by atoms with E-state index >= 15 is 0 Å². The van der Waals surface area contributed by atoms with E-state index in [4.69, 9.17) is 0 Å². The molecule has 2 amide bonds. The van der Waals surface area contributed by atoms with E-state index in [1.165, 1.54) is 44.9 Å². The molecule has 0 saturated carbocycles. The third-order valence-corrected chi connectivity index (χ3v) is 8.03. The third-order valence-electron chi connectivity index (χ3n) is 8.03. The van der Waals surface area contributed by atoms with Crippen molar-refractivity contribution in [3.8, 4) is 0 Å². The molecule has 0 radical (unpaired) electrons. The summed E-state index contributed by atoms with van der Waals surface area (Å²) in [6, 6.07) is 0. The van der Waals surface area contributed by atoms with Crippen molar-refractivity contribution >= 4 is 11.8 Å². The van der Waals surface area contributed by atoms with Crippen molar-refractivity contribution < 1.29 is 12.4 Å². The van der Waals surface area contributed by atoms with Gasteiger partial charge in [-0.15, -0.1) is 0 Å². The first-order valence-electron chi connectivity index (χ1n) is 15.7. The third kappa shape index (κ3) is 16.7. The molecule has 0 atom stereocenters. The zero-order valence-corrected chi connectivity index (χ0v) is 26.2. The van der Waals surface area contributed by atoms with Crippen LogP contribution in [0.2, 0.25) is 0 Å². The summed E-state index contributed by atoms with van der Waals surface area (Å²) < 4.78 is 0. The van der Waals surface area contributed by atoms with Gasteiger partial charge in [0.25, 0.3) is 0 Å². The van der Waals surface area contributed by atoms with Crippen LogP contribution in [0.3, 0.4) is 0 Å². The van der Waals surface area contributed by atoms with Crippen LogP contribution in [0.15, 0.2) is 0 Å². The van der Waals surface area contributed by atoms with Gasteiger partial charge in [-0.1, -0.05) is 41.0 Å². The van der Waals surface area contributed by atoms with Crippen molar-refractivity contribution in [1.29, 1.82) is 0 Å². The molecule has 0 aromatic rings. The van der Waals surface area contributed by atoms with Crippen LogP contribution in [-0.4, -0.2) is 99.5 Å². The van der Waals surface area contributed by atoms with Crippen molar-refractivity contribution in [2.45, 2.75) is 98.8 Å². The second-order valence-corrected chi connectivity index (χ2v) is 12.9. The maximum absolute atomic E-state index is 12.3. The van der Waals surface area contributed by atoms with Gasteiger partial charge in [-0.2, -0.15) is 0 Å². The van der Waals surface area contributed by atoms with E-state index in [-0.39, 0.29) is 14.7 Å². The number of nitrogens with one attached hydrogen (secondary N) is 2. The van der Waals surface area contributed by atoms with Gasteiger partial charge in [-0.05, 0) is 109 Å². The Morgan fingerprint density at radius 2 is 1.29 bits per heavy atom. The fourth-order valence-electron chi connectivity index (χ4n) is 5.60. The minimum Gasteiger partial charge on any atom is -0.359 e. The van der Waals surface area contributed by atoms with Gasteiger partial charge in [0, 0.05) is 42.4 Å². The van der Waals surface area contributed by atoms with Crippen molar-refractivity contribution in [2.75, 3.05) is 73.0 Å². The van der Waals surface area contributed by atoms with Crippen LogP contribution in [-0.2, 0) is 9.59 Å². The van der Waals surface area contributed by atoms with Crippen molar-refractivity contribution in [1.82, 2.24) is 25.3 Å². The van der Waals surface area contributed by atoms with Gasteiger partial charge in [-0.3, -0.25) is 9.59 Å². The molecular formula is C31H67N5O2. The average molecular weight is 542 g/mol. The molecule has 2 saturated heterocycles. The zero-order chi connectivity index (χ0) is 28.4. The van der Waals surface area contributed by atoms with Gasteiger partial charge in [0.15, 0.2) is 0 Å². The Hall–Kier alpha value is -1.18. The SMILES string of the molecule is CCC.CNC(=O)CCN1CCC(C2CCN(CCC(=O)NCCCN(C)CCCC(C)(C)C)CC2)CC1.[HH].[HH]. The second kappa shape index (κ2) is 19.8. The lowest BCUT2D eigenvalue weighted by molar-refractivity contribution is -0.122. The van der Waals surface area contributed by atoms with E-state index in [2.05, 4.69) is 67.0 Å². The number of amides is 2. The van der Waals surface area contributed by atoms with E-state index in [1.807, 2.05) is 0 Å². The molecule has 2 fully saturated rings. The largest absolute Gasteiger partial charge is 0.359 e. The molecule has 7 heteroatoms. The maximum atomic E-state index is 12.3. The second-order valence-electron chi connectivity index (χ2n) is 12.9. The van der Waals surface area contributed by atoms with Gasteiger partial charge < -0.3 is 25.3 Å². The lowest BCUT2D eigenvalue weighted by atomic mass is 9.79. The molecular weight excluding hydrogens is 474 g/mol. The predicted molar refractivity (Wildman–Crippen MR) is 166 cm³/mol. The summed E-state index contributed by atoms with van der Waals surface area (Å²) in [5.41, 5.74) is 0.414.